The molecule has 3 rings (SSSR count). The van der Waals surface area contributed by atoms with Crippen LogP contribution in [-0.2, 0) is 4.74 Å². The third kappa shape index (κ3) is 3.83. The summed E-state index contributed by atoms with van der Waals surface area (Å²) < 4.78 is 5.08. The zero-order valence-electron chi connectivity index (χ0n) is 15.6. The Hall–Kier alpha value is -3.75. The summed E-state index contributed by atoms with van der Waals surface area (Å²) in [7, 11) is 0. The van der Waals surface area contributed by atoms with Gasteiger partial charge in [-0.2, -0.15) is 0 Å². The van der Waals surface area contributed by atoms with Crippen LogP contribution in [0.5, 0.6) is 0 Å². The normalized spacial score (nSPS) is 10.5. The van der Waals surface area contributed by atoms with E-state index in [0.29, 0.717) is 29.6 Å². The summed E-state index contributed by atoms with van der Waals surface area (Å²) >= 11 is 0. The maximum absolute atomic E-state index is 12.1. The fourth-order valence-electron chi connectivity index (χ4n) is 2.90. The molecule has 3 aromatic rings. The summed E-state index contributed by atoms with van der Waals surface area (Å²) in [6, 6.07) is 7.72. The van der Waals surface area contributed by atoms with Gasteiger partial charge in [0.05, 0.1) is 17.2 Å². The molecule has 0 aliphatic heterocycles. The highest BCUT2D eigenvalue weighted by Gasteiger charge is 2.20. The molecule has 0 spiro atoms. The Balaban J connectivity index is 1.89. The van der Waals surface area contributed by atoms with Crippen molar-refractivity contribution < 1.29 is 14.5 Å². The van der Waals surface area contributed by atoms with Gasteiger partial charge in [-0.1, -0.05) is 0 Å². The molecule has 9 heteroatoms. The van der Waals surface area contributed by atoms with Crippen molar-refractivity contribution >= 4 is 23.3 Å². The molecule has 0 aliphatic rings. The molecule has 144 valence electrons. The summed E-state index contributed by atoms with van der Waals surface area (Å²) in [5.74, 6) is -0.0725. The van der Waals surface area contributed by atoms with Gasteiger partial charge in [0.15, 0.2) is 0 Å². The van der Waals surface area contributed by atoms with Crippen LogP contribution < -0.4 is 5.32 Å². The highest BCUT2D eigenvalue weighted by Crippen LogP contribution is 2.29. The average Bonchev–Trinajstić information content (AvgIpc) is 2.97. The number of nitrogens with one attached hydrogen (secondary N) is 2. The summed E-state index contributed by atoms with van der Waals surface area (Å²) in [6.45, 7) is 5.74. The third-order valence-electron chi connectivity index (χ3n) is 4.16. The van der Waals surface area contributed by atoms with Crippen molar-refractivity contribution in [2.24, 2.45) is 0 Å². The first-order valence-electron chi connectivity index (χ1n) is 8.62. The highest BCUT2D eigenvalue weighted by atomic mass is 16.6. The molecule has 0 amide bonds. The molecule has 0 bridgehead atoms. The van der Waals surface area contributed by atoms with Gasteiger partial charge in [0, 0.05) is 35.3 Å². The number of nitrogens with zero attached hydrogens (tertiary/aromatic N) is 3. The predicted octanol–water partition coefficient (Wildman–Crippen LogP) is 3.92. The Morgan fingerprint density at radius 2 is 1.96 bits per heavy atom. The van der Waals surface area contributed by atoms with E-state index in [9.17, 15) is 14.9 Å². The van der Waals surface area contributed by atoms with E-state index in [-0.39, 0.29) is 5.69 Å². The lowest BCUT2D eigenvalue weighted by atomic mass is 10.1. The molecule has 2 aromatic heterocycles. The maximum atomic E-state index is 12.1. The first-order chi connectivity index (χ1) is 13.4. The van der Waals surface area contributed by atoms with Gasteiger partial charge in [0.25, 0.3) is 5.69 Å². The van der Waals surface area contributed by atoms with Gasteiger partial charge in [0.2, 0.25) is 5.95 Å². The van der Waals surface area contributed by atoms with E-state index in [4.69, 9.17) is 4.74 Å². The van der Waals surface area contributed by atoms with Gasteiger partial charge in [-0.15, -0.1) is 0 Å². The van der Waals surface area contributed by atoms with Crippen molar-refractivity contribution in [2.45, 2.75) is 20.8 Å². The van der Waals surface area contributed by atoms with Gasteiger partial charge in [-0.3, -0.25) is 10.1 Å². The molecule has 0 saturated heterocycles. The summed E-state index contributed by atoms with van der Waals surface area (Å²) in [5, 5.41) is 13.8. The largest absolute Gasteiger partial charge is 0.461 e. The Bertz CT molecular complexity index is 1030. The van der Waals surface area contributed by atoms with Crippen molar-refractivity contribution in [3.63, 3.8) is 0 Å². The van der Waals surface area contributed by atoms with E-state index >= 15 is 0 Å². The van der Waals surface area contributed by atoms with Crippen molar-refractivity contribution in [1.29, 1.82) is 0 Å². The third-order valence-corrected chi connectivity index (χ3v) is 4.16. The first-order valence-corrected chi connectivity index (χ1v) is 8.62. The first kappa shape index (κ1) is 19.0. The van der Waals surface area contributed by atoms with Crippen LogP contribution in [0.3, 0.4) is 0 Å². The van der Waals surface area contributed by atoms with Crippen LogP contribution in [0.25, 0.3) is 11.3 Å². The number of H-pyrrole nitrogens is 1. The summed E-state index contributed by atoms with van der Waals surface area (Å²) in [5.41, 5.74) is 4.01. The minimum Gasteiger partial charge on any atom is -0.461 e. The number of nitro benzene ring substituents is 1. The molecular weight excluding hydrogens is 362 g/mol. The van der Waals surface area contributed by atoms with E-state index in [1.807, 2.05) is 13.8 Å². The Kier molecular flexibility index (Phi) is 5.35. The monoisotopic (exact) mass is 381 g/mol. The number of hydrogen-bond donors (Lipinski definition) is 2. The van der Waals surface area contributed by atoms with Crippen LogP contribution >= 0.6 is 0 Å². The number of nitro groups is 1. The second-order valence-corrected chi connectivity index (χ2v) is 6.04. The number of carbonyl (C=O) groups excluding carboxylic acids is 1. The average molecular weight is 381 g/mol. The number of carbonyl (C=O) groups is 1. The van der Waals surface area contributed by atoms with E-state index in [0.717, 1.165) is 16.8 Å². The van der Waals surface area contributed by atoms with Gasteiger partial charge in [-0.25, -0.2) is 14.8 Å². The molecule has 0 atom stereocenters. The lowest BCUT2D eigenvalue weighted by Gasteiger charge is -2.07. The van der Waals surface area contributed by atoms with Gasteiger partial charge >= 0.3 is 5.97 Å². The number of aromatic amines is 1. The van der Waals surface area contributed by atoms with Crippen LogP contribution in [0, 0.1) is 24.0 Å². The van der Waals surface area contributed by atoms with E-state index in [1.54, 1.807) is 31.3 Å². The number of aromatic nitrogens is 3. The van der Waals surface area contributed by atoms with Crippen LogP contribution in [0.15, 0.2) is 36.5 Å². The van der Waals surface area contributed by atoms with Gasteiger partial charge in [-0.05, 0) is 44.5 Å². The number of aryl methyl sites for hydroxylation is 1. The molecule has 0 unspecified atom stereocenters. The minimum atomic E-state index is -0.459. The van der Waals surface area contributed by atoms with Crippen LogP contribution in [0.1, 0.15) is 28.7 Å². The topological polar surface area (TPSA) is 123 Å². The fraction of sp³-hybridized carbons (Fsp3) is 0.211. The lowest BCUT2D eigenvalue weighted by molar-refractivity contribution is -0.384. The van der Waals surface area contributed by atoms with Gasteiger partial charge < -0.3 is 15.0 Å². The number of ether oxygens (including phenoxy) is 1. The van der Waals surface area contributed by atoms with Crippen LogP contribution in [0.2, 0.25) is 0 Å². The van der Waals surface area contributed by atoms with Crippen LogP contribution in [0.4, 0.5) is 17.3 Å². The molecule has 0 saturated carbocycles. The number of rotatable bonds is 6. The van der Waals surface area contributed by atoms with E-state index in [1.165, 1.54) is 12.1 Å². The Morgan fingerprint density at radius 3 is 2.61 bits per heavy atom. The molecule has 1 aromatic carbocycles. The maximum Gasteiger partial charge on any atom is 0.355 e. The SMILES string of the molecule is CCOC(=O)c1[nH]c(C)c(-c2ccnc(Nc3ccc([N+](=O)[O-])cc3)n2)c1C. The van der Waals surface area contributed by atoms with Crippen molar-refractivity contribution in [2.75, 3.05) is 11.9 Å². The van der Waals surface area contributed by atoms with Gasteiger partial charge in [0.1, 0.15) is 5.69 Å². The molecule has 2 N–H and O–H groups in total. The highest BCUT2D eigenvalue weighted by molar-refractivity contribution is 5.92. The van der Waals surface area contributed by atoms with Crippen LogP contribution in [-0.4, -0.2) is 32.5 Å². The number of anilines is 2. The van der Waals surface area contributed by atoms with Crippen molar-refractivity contribution in [3.05, 3.63) is 63.6 Å². The quantitative estimate of drug-likeness (QED) is 0.377. The smallest absolute Gasteiger partial charge is 0.355 e. The standard InChI is InChI=1S/C19H19N5O4/c1-4-28-18(25)17-11(2)16(12(3)21-17)15-9-10-20-19(23-15)22-13-5-7-14(8-6-13)24(26)27/h5-10,21H,4H2,1-3H3,(H,20,22,23). The Morgan fingerprint density at radius 1 is 1.25 bits per heavy atom. The summed E-state index contributed by atoms with van der Waals surface area (Å²) in [4.78, 5) is 34.2. The lowest BCUT2D eigenvalue weighted by Crippen LogP contribution is -2.06. The molecule has 28 heavy (non-hydrogen) atoms. The number of hydrogen-bond acceptors (Lipinski definition) is 7. The fourth-order valence-corrected chi connectivity index (χ4v) is 2.90. The summed E-state index contributed by atoms with van der Waals surface area (Å²) in [6.07, 6.45) is 1.60. The second-order valence-electron chi connectivity index (χ2n) is 6.04. The zero-order valence-corrected chi connectivity index (χ0v) is 15.6. The molecule has 9 nitrogen and oxygen atoms in total. The second kappa shape index (κ2) is 7.87. The predicted molar refractivity (Wildman–Crippen MR) is 104 cm³/mol. The molecule has 0 radical (unpaired) electrons. The number of esters is 1. The Labute approximate surface area is 160 Å². The minimum absolute atomic E-state index is 0.00489. The van der Waals surface area contributed by atoms with E-state index in [2.05, 4.69) is 20.3 Å². The number of benzene rings is 1. The van der Waals surface area contributed by atoms with E-state index < -0.39 is 10.9 Å². The number of non-ortho nitro benzene ring substituents is 1. The molecule has 0 fully saturated rings. The van der Waals surface area contributed by atoms with Crippen molar-refractivity contribution in [1.82, 2.24) is 15.0 Å². The molecule has 2 heterocycles. The molecular formula is C19H19N5O4. The molecule has 0 aliphatic carbocycles. The van der Waals surface area contributed by atoms with Crippen molar-refractivity contribution in [3.8, 4) is 11.3 Å². The zero-order chi connectivity index (χ0) is 20.3.